The molecule has 0 spiro atoms. The van der Waals surface area contributed by atoms with Crippen LogP contribution in [-0.4, -0.2) is 23.1 Å². The van der Waals surface area contributed by atoms with Crippen molar-refractivity contribution in [1.29, 1.82) is 0 Å². The molecule has 162 valence electrons. The molecule has 0 fully saturated rings. The maximum Gasteiger partial charge on any atom is 0.341 e. The van der Waals surface area contributed by atoms with Crippen LogP contribution in [0.3, 0.4) is 0 Å². The van der Waals surface area contributed by atoms with Crippen molar-refractivity contribution in [2.75, 3.05) is 11.9 Å². The fourth-order valence-corrected chi connectivity index (χ4v) is 5.43. The van der Waals surface area contributed by atoms with Gasteiger partial charge in [-0.25, -0.2) is 13.9 Å². The van der Waals surface area contributed by atoms with Gasteiger partial charge in [-0.05, 0) is 43.2 Å². The SMILES string of the molecule is CCOC(=O)c1c(NC(=O)Cn2cc[n+](Cc3ccccc3)c2)sc2c1CCC(C)C2. The maximum atomic E-state index is 12.8. The zero-order valence-corrected chi connectivity index (χ0v) is 18.8. The predicted molar refractivity (Wildman–Crippen MR) is 120 cm³/mol. The van der Waals surface area contributed by atoms with Crippen LogP contribution in [0, 0.1) is 5.92 Å². The summed E-state index contributed by atoms with van der Waals surface area (Å²) in [5.74, 6) is 0.0934. The number of nitrogens with zero attached hydrogens (tertiary/aromatic N) is 2. The number of ether oxygens (including phenoxy) is 1. The second-order valence-electron chi connectivity index (χ2n) is 8.07. The van der Waals surface area contributed by atoms with Crippen molar-refractivity contribution < 1.29 is 18.9 Å². The van der Waals surface area contributed by atoms with E-state index >= 15 is 0 Å². The molecule has 0 aliphatic heterocycles. The number of imidazole rings is 1. The number of thiophene rings is 1. The van der Waals surface area contributed by atoms with Crippen LogP contribution in [0.15, 0.2) is 49.1 Å². The molecule has 2 aromatic heterocycles. The molecule has 1 atom stereocenters. The predicted octanol–water partition coefficient (Wildman–Crippen LogP) is 3.83. The van der Waals surface area contributed by atoms with Crippen LogP contribution >= 0.6 is 11.3 Å². The Morgan fingerprint density at radius 2 is 2.10 bits per heavy atom. The lowest BCUT2D eigenvalue weighted by Crippen LogP contribution is -2.32. The average Bonchev–Trinajstić information content (AvgIpc) is 3.32. The van der Waals surface area contributed by atoms with Gasteiger partial charge in [-0.15, -0.1) is 11.3 Å². The van der Waals surface area contributed by atoms with Crippen molar-refractivity contribution in [3.8, 4) is 0 Å². The monoisotopic (exact) mass is 438 g/mol. The molecule has 1 amide bonds. The van der Waals surface area contributed by atoms with E-state index in [4.69, 9.17) is 4.74 Å². The summed E-state index contributed by atoms with van der Waals surface area (Å²) in [7, 11) is 0. The van der Waals surface area contributed by atoms with Crippen molar-refractivity contribution in [3.63, 3.8) is 0 Å². The third-order valence-electron chi connectivity index (χ3n) is 5.52. The van der Waals surface area contributed by atoms with Gasteiger partial charge in [-0.1, -0.05) is 37.3 Å². The smallest absolute Gasteiger partial charge is 0.341 e. The van der Waals surface area contributed by atoms with E-state index in [1.165, 1.54) is 21.8 Å². The van der Waals surface area contributed by atoms with Crippen LogP contribution in [0.2, 0.25) is 0 Å². The summed E-state index contributed by atoms with van der Waals surface area (Å²) in [6.45, 7) is 5.27. The van der Waals surface area contributed by atoms with E-state index in [0.717, 1.165) is 31.4 Å². The second kappa shape index (κ2) is 9.47. The highest BCUT2D eigenvalue weighted by atomic mass is 32.1. The molecule has 31 heavy (non-hydrogen) atoms. The summed E-state index contributed by atoms with van der Waals surface area (Å²) in [6, 6.07) is 10.2. The molecule has 0 saturated carbocycles. The Morgan fingerprint density at radius 3 is 2.87 bits per heavy atom. The van der Waals surface area contributed by atoms with Gasteiger partial charge in [0.05, 0.1) is 12.2 Å². The molecule has 1 N–H and O–H groups in total. The van der Waals surface area contributed by atoms with E-state index in [1.54, 1.807) is 6.92 Å². The molecule has 1 aliphatic carbocycles. The van der Waals surface area contributed by atoms with E-state index in [0.29, 0.717) is 23.1 Å². The van der Waals surface area contributed by atoms with Gasteiger partial charge in [0.25, 0.3) is 5.91 Å². The Morgan fingerprint density at radius 1 is 1.29 bits per heavy atom. The highest BCUT2D eigenvalue weighted by Crippen LogP contribution is 2.40. The Kier molecular flexibility index (Phi) is 6.51. The van der Waals surface area contributed by atoms with Crippen LogP contribution in [-0.2, 0) is 35.5 Å². The number of carbonyl (C=O) groups excluding carboxylic acids is 2. The minimum atomic E-state index is -0.341. The van der Waals surface area contributed by atoms with E-state index < -0.39 is 0 Å². The number of hydrogen-bond acceptors (Lipinski definition) is 4. The summed E-state index contributed by atoms with van der Waals surface area (Å²) in [5, 5.41) is 3.60. The van der Waals surface area contributed by atoms with Crippen LogP contribution in [0.4, 0.5) is 5.00 Å². The van der Waals surface area contributed by atoms with Crippen LogP contribution in [0.25, 0.3) is 0 Å². The molecule has 2 heterocycles. The fraction of sp³-hybridized carbons (Fsp3) is 0.375. The average molecular weight is 439 g/mol. The summed E-state index contributed by atoms with van der Waals surface area (Å²) < 4.78 is 9.17. The zero-order chi connectivity index (χ0) is 21.8. The van der Waals surface area contributed by atoms with E-state index in [2.05, 4.69) is 24.4 Å². The number of nitrogens with one attached hydrogen (secondary N) is 1. The molecular formula is C24H28N3O3S+. The van der Waals surface area contributed by atoms with Crippen LogP contribution in [0.1, 0.15) is 46.6 Å². The molecule has 3 aromatic rings. The lowest BCUT2D eigenvalue weighted by molar-refractivity contribution is -0.687. The summed E-state index contributed by atoms with van der Waals surface area (Å²) in [5.41, 5.74) is 2.81. The molecule has 0 bridgehead atoms. The number of esters is 1. The van der Waals surface area contributed by atoms with Crippen molar-refractivity contribution in [3.05, 3.63) is 70.6 Å². The van der Waals surface area contributed by atoms with Crippen molar-refractivity contribution in [2.45, 2.75) is 46.2 Å². The third-order valence-corrected chi connectivity index (χ3v) is 6.69. The van der Waals surface area contributed by atoms with Crippen molar-refractivity contribution in [2.24, 2.45) is 5.92 Å². The summed E-state index contributed by atoms with van der Waals surface area (Å²) in [6.07, 6.45) is 8.60. The standard InChI is InChI=1S/C24H27N3O3S/c1-3-30-24(29)22-19-10-9-17(2)13-20(19)31-23(22)25-21(28)15-27-12-11-26(16-27)14-18-7-5-4-6-8-18/h4-8,11-12,16-17H,3,9-10,13-15H2,1-2H3/p+1. The first-order chi connectivity index (χ1) is 15.0. The molecule has 7 heteroatoms. The Labute approximate surface area is 186 Å². The first-order valence-corrected chi connectivity index (χ1v) is 11.6. The highest BCUT2D eigenvalue weighted by molar-refractivity contribution is 7.17. The molecule has 6 nitrogen and oxygen atoms in total. The number of aromatic nitrogens is 2. The van der Waals surface area contributed by atoms with Gasteiger partial charge in [0, 0.05) is 4.88 Å². The summed E-state index contributed by atoms with van der Waals surface area (Å²) >= 11 is 1.52. The number of carbonyl (C=O) groups is 2. The summed E-state index contributed by atoms with van der Waals surface area (Å²) in [4.78, 5) is 26.6. The number of hydrogen-bond donors (Lipinski definition) is 1. The molecule has 0 saturated heterocycles. The molecule has 1 aliphatic rings. The number of amides is 1. The van der Waals surface area contributed by atoms with Crippen molar-refractivity contribution >= 4 is 28.2 Å². The lowest BCUT2D eigenvalue weighted by Gasteiger charge is -2.18. The molecule has 0 radical (unpaired) electrons. The zero-order valence-electron chi connectivity index (χ0n) is 18.0. The first-order valence-electron chi connectivity index (χ1n) is 10.7. The van der Waals surface area contributed by atoms with Crippen LogP contribution in [0.5, 0.6) is 0 Å². The topological polar surface area (TPSA) is 64.2 Å². The van der Waals surface area contributed by atoms with E-state index in [1.807, 2.05) is 46.1 Å². The minimum Gasteiger partial charge on any atom is -0.462 e. The number of fused-ring (bicyclic) bond motifs is 1. The first kappa shape index (κ1) is 21.3. The fourth-order valence-electron chi connectivity index (χ4n) is 4.01. The van der Waals surface area contributed by atoms with Gasteiger partial charge >= 0.3 is 5.97 Å². The van der Waals surface area contributed by atoms with Gasteiger partial charge in [0.15, 0.2) is 6.54 Å². The molecule has 1 unspecified atom stereocenters. The van der Waals surface area contributed by atoms with Gasteiger partial charge in [-0.2, -0.15) is 0 Å². The van der Waals surface area contributed by atoms with E-state index in [9.17, 15) is 9.59 Å². The Balaban J connectivity index is 1.47. The molecule has 4 rings (SSSR count). The Hall–Kier alpha value is -2.93. The number of rotatable bonds is 7. The minimum absolute atomic E-state index is 0.153. The molecular weight excluding hydrogens is 410 g/mol. The van der Waals surface area contributed by atoms with Gasteiger partial charge in [-0.3, -0.25) is 4.79 Å². The van der Waals surface area contributed by atoms with Gasteiger partial charge in [0.1, 0.15) is 23.9 Å². The van der Waals surface area contributed by atoms with Gasteiger partial charge < -0.3 is 10.1 Å². The van der Waals surface area contributed by atoms with E-state index in [-0.39, 0.29) is 18.4 Å². The number of anilines is 1. The quantitative estimate of drug-likeness (QED) is 0.450. The Bertz CT molecular complexity index is 1070. The largest absolute Gasteiger partial charge is 0.462 e. The molecule has 1 aromatic carbocycles. The normalized spacial score (nSPS) is 15.4. The maximum absolute atomic E-state index is 12.8. The second-order valence-corrected chi connectivity index (χ2v) is 9.17. The lowest BCUT2D eigenvalue weighted by atomic mass is 9.88. The highest BCUT2D eigenvalue weighted by Gasteiger charge is 2.29. The number of benzene rings is 1. The van der Waals surface area contributed by atoms with Gasteiger partial charge in [0.2, 0.25) is 6.33 Å². The van der Waals surface area contributed by atoms with Crippen LogP contribution < -0.4 is 9.88 Å². The van der Waals surface area contributed by atoms with Crippen molar-refractivity contribution in [1.82, 2.24) is 4.57 Å². The third kappa shape index (κ3) is 5.05.